The summed E-state index contributed by atoms with van der Waals surface area (Å²) in [4.78, 5) is 30.7. The number of anilines is 6. The molecule has 0 radical (unpaired) electrons. The van der Waals surface area contributed by atoms with Crippen LogP contribution in [0.5, 0.6) is 5.75 Å². The molecule has 2 aromatic heterocycles. The fraction of sp³-hybridized carbons (Fsp3) is 0.355. The lowest BCUT2D eigenvalue weighted by Crippen LogP contribution is -2.38. The highest BCUT2D eigenvalue weighted by Crippen LogP contribution is 2.38. The zero-order chi connectivity index (χ0) is 34.5. The van der Waals surface area contributed by atoms with E-state index in [-0.39, 0.29) is 35.8 Å². The Kier molecular flexibility index (Phi) is 9.88. The first-order chi connectivity index (χ1) is 23.6. The van der Waals surface area contributed by atoms with Gasteiger partial charge in [0.1, 0.15) is 11.4 Å². The van der Waals surface area contributed by atoms with E-state index >= 15 is 0 Å². The predicted octanol–water partition coefficient (Wildman–Crippen LogP) is 1.81. The second kappa shape index (κ2) is 14.4. The summed E-state index contributed by atoms with van der Waals surface area (Å²) in [6, 6.07) is 13.9. The van der Waals surface area contributed by atoms with Crippen LogP contribution in [0.15, 0.2) is 58.4 Å². The maximum atomic E-state index is 13.2. The highest BCUT2D eigenvalue weighted by molar-refractivity contribution is 7.89. The molecular weight excluding hydrogens is 650 g/mol. The van der Waals surface area contributed by atoms with Crippen molar-refractivity contribution in [3.8, 4) is 5.75 Å². The van der Waals surface area contributed by atoms with E-state index < -0.39 is 10.0 Å². The van der Waals surface area contributed by atoms with E-state index in [0.29, 0.717) is 73.3 Å². The van der Waals surface area contributed by atoms with Crippen LogP contribution in [0.1, 0.15) is 23.6 Å². The molecule has 49 heavy (non-hydrogen) atoms. The number of hydrogen-bond acceptors (Lipinski definition) is 16. The number of nitrogens with two attached hydrogens (primary N) is 2. The first-order valence-electron chi connectivity index (χ1n) is 15.6. The number of sulfonamides is 1. The van der Waals surface area contributed by atoms with Crippen molar-refractivity contribution in [2.75, 3.05) is 92.5 Å². The van der Waals surface area contributed by atoms with Crippen molar-refractivity contribution < 1.29 is 17.9 Å². The van der Waals surface area contributed by atoms with Crippen molar-refractivity contribution >= 4 is 56.9 Å². The number of methoxy groups -OCH3 is 1. The number of rotatable bonds is 11. The summed E-state index contributed by atoms with van der Waals surface area (Å²) in [7, 11) is 1.47. The Morgan fingerprint density at radius 2 is 1.71 bits per heavy atom. The molecule has 4 heterocycles. The number of nitrogens with zero attached hydrogens (tertiary/aromatic N) is 8. The smallest absolute Gasteiger partial charge is 0.240 e. The van der Waals surface area contributed by atoms with Crippen LogP contribution in [0.2, 0.25) is 0 Å². The Bertz CT molecular complexity index is 1920. The monoisotopic (exact) mass is 689 g/mol. The van der Waals surface area contributed by atoms with E-state index in [9.17, 15) is 8.42 Å². The lowest BCUT2D eigenvalue weighted by atomic mass is 9.97. The molecule has 17 nitrogen and oxygen atoms in total. The summed E-state index contributed by atoms with van der Waals surface area (Å²) >= 11 is 0. The number of nitrogen functional groups attached to an aromatic ring is 2. The van der Waals surface area contributed by atoms with Crippen molar-refractivity contribution in [3.63, 3.8) is 0 Å². The standard InChI is InChI=1S/C31H39N13O4S/c1-43(2)30-40-29(41-31(42-30)44-14-16-48-17-15-44)34-12-13-35-49(45,46)22-10-6-20(7-11-22)23-18-24(19-4-8-21(47-3)9-5-19)37-27-25(36-23)26(32)38-28(33)39-27/h4-11,24,35H,12-18H2,1-3H3,(H,34,40,41,42)(H5,32,33,37,38,39). The number of aromatic nitrogens is 5. The minimum absolute atomic E-state index is 0.0255. The van der Waals surface area contributed by atoms with Gasteiger partial charge in [-0.15, -0.1) is 0 Å². The van der Waals surface area contributed by atoms with Crippen LogP contribution in [-0.2, 0) is 14.8 Å². The largest absolute Gasteiger partial charge is 0.497 e. The van der Waals surface area contributed by atoms with Gasteiger partial charge < -0.3 is 41.4 Å². The van der Waals surface area contributed by atoms with Crippen LogP contribution < -0.4 is 41.4 Å². The van der Waals surface area contributed by atoms with Crippen LogP contribution in [0, 0.1) is 0 Å². The number of hydrogen-bond donors (Lipinski definition) is 5. The fourth-order valence-electron chi connectivity index (χ4n) is 5.32. The van der Waals surface area contributed by atoms with Gasteiger partial charge in [0.25, 0.3) is 0 Å². The quantitative estimate of drug-likeness (QED) is 0.142. The minimum Gasteiger partial charge on any atom is -0.497 e. The Hall–Kier alpha value is -5.33. The normalized spacial score (nSPS) is 16.2. The van der Waals surface area contributed by atoms with Crippen LogP contribution in [-0.4, -0.2) is 99.6 Å². The fourth-order valence-corrected chi connectivity index (χ4v) is 6.35. The van der Waals surface area contributed by atoms with Crippen molar-refractivity contribution in [3.05, 3.63) is 59.7 Å². The number of aliphatic imine (C=N–C) groups is 1. The molecule has 7 N–H and O–H groups in total. The highest BCUT2D eigenvalue weighted by atomic mass is 32.2. The van der Waals surface area contributed by atoms with Gasteiger partial charge in [0, 0.05) is 46.7 Å². The molecule has 1 fully saturated rings. The number of nitrogens with one attached hydrogen (secondary N) is 3. The summed E-state index contributed by atoms with van der Waals surface area (Å²) in [5, 5.41) is 6.51. The number of ether oxygens (including phenoxy) is 2. The van der Waals surface area contributed by atoms with Crippen molar-refractivity contribution in [2.45, 2.75) is 17.4 Å². The molecule has 2 aliphatic heterocycles. The molecule has 1 unspecified atom stereocenters. The van der Waals surface area contributed by atoms with Crippen LogP contribution >= 0.6 is 0 Å². The summed E-state index contributed by atoms with van der Waals surface area (Å²) in [6.45, 7) is 2.89. The Labute approximate surface area is 284 Å². The summed E-state index contributed by atoms with van der Waals surface area (Å²) in [5.74, 6) is 2.68. The van der Waals surface area contributed by atoms with E-state index in [1.807, 2.05) is 43.3 Å². The third kappa shape index (κ3) is 7.87. The molecule has 258 valence electrons. The van der Waals surface area contributed by atoms with Crippen LogP contribution in [0.4, 0.5) is 41.1 Å². The SMILES string of the molecule is COc1ccc(C2CC(c3ccc(S(=O)(=O)NCCNc4nc(N(C)C)nc(N5CCOCC5)n4)cc3)=Nc3c(N)nc(N)nc3N2)cc1. The highest BCUT2D eigenvalue weighted by Gasteiger charge is 2.25. The summed E-state index contributed by atoms with van der Waals surface area (Å²) in [6.07, 6.45) is 0.442. The zero-order valence-corrected chi connectivity index (χ0v) is 28.2. The summed E-state index contributed by atoms with van der Waals surface area (Å²) < 4.78 is 39.8. The molecule has 4 aromatic rings. The van der Waals surface area contributed by atoms with Gasteiger partial charge in [-0.25, -0.2) is 18.1 Å². The molecule has 0 spiro atoms. The first-order valence-corrected chi connectivity index (χ1v) is 17.1. The molecular formula is C31H39N13O4S. The Morgan fingerprint density at radius 3 is 2.41 bits per heavy atom. The predicted molar refractivity (Wildman–Crippen MR) is 188 cm³/mol. The Morgan fingerprint density at radius 1 is 0.980 bits per heavy atom. The molecule has 18 heteroatoms. The molecule has 1 atom stereocenters. The minimum atomic E-state index is -3.83. The van der Waals surface area contributed by atoms with Gasteiger partial charge in [0.15, 0.2) is 11.6 Å². The third-order valence-corrected chi connectivity index (χ3v) is 9.38. The molecule has 0 bridgehead atoms. The van der Waals surface area contributed by atoms with Gasteiger partial charge in [-0.1, -0.05) is 24.3 Å². The topological polar surface area (TPSA) is 224 Å². The number of fused-ring (bicyclic) bond motifs is 1. The Balaban J connectivity index is 1.15. The van der Waals surface area contributed by atoms with Gasteiger partial charge >= 0.3 is 0 Å². The second-order valence-electron chi connectivity index (χ2n) is 11.5. The average Bonchev–Trinajstić information content (AvgIpc) is 3.31. The van der Waals surface area contributed by atoms with Gasteiger partial charge in [0.05, 0.1) is 37.0 Å². The lowest BCUT2D eigenvalue weighted by molar-refractivity contribution is 0.122. The zero-order valence-electron chi connectivity index (χ0n) is 27.4. The van der Waals surface area contributed by atoms with E-state index in [4.69, 9.17) is 25.9 Å². The van der Waals surface area contributed by atoms with Gasteiger partial charge in [0.2, 0.25) is 33.8 Å². The molecule has 0 amide bonds. The van der Waals surface area contributed by atoms with E-state index in [0.717, 1.165) is 11.3 Å². The van der Waals surface area contributed by atoms with E-state index in [2.05, 4.69) is 40.3 Å². The molecule has 0 saturated carbocycles. The van der Waals surface area contributed by atoms with Crippen LogP contribution in [0.25, 0.3) is 0 Å². The molecule has 2 aromatic carbocycles. The van der Waals surface area contributed by atoms with Crippen LogP contribution in [0.3, 0.4) is 0 Å². The first kappa shape index (κ1) is 33.6. The van der Waals surface area contributed by atoms with Gasteiger partial charge in [-0.05, 0) is 35.4 Å². The molecule has 2 aliphatic rings. The second-order valence-corrected chi connectivity index (χ2v) is 13.3. The van der Waals surface area contributed by atoms with Crippen molar-refractivity contribution in [2.24, 2.45) is 4.99 Å². The van der Waals surface area contributed by atoms with E-state index in [1.54, 1.807) is 36.3 Å². The molecule has 0 aliphatic carbocycles. The maximum Gasteiger partial charge on any atom is 0.240 e. The van der Waals surface area contributed by atoms with Crippen molar-refractivity contribution in [1.82, 2.24) is 29.6 Å². The van der Waals surface area contributed by atoms with E-state index in [1.165, 1.54) is 0 Å². The lowest BCUT2D eigenvalue weighted by Gasteiger charge is -2.27. The molecule has 1 saturated heterocycles. The number of benzene rings is 2. The van der Waals surface area contributed by atoms with Gasteiger partial charge in [-0.3, -0.25) is 0 Å². The van der Waals surface area contributed by atoms with Crippen molar-refractivity contribution in [1.29, 1.82) is 0 Å². The van der Waals surface area contributed by atoms with Gasteiger partial charge in [-0.2, -0.15) is 24.9 Å². The third-order valence-electron chi connectivity index (χ3n) is 7.91. The molecule has 6 rings (SSSR count). The maximum absolute atomic E-state index is 13.2. The summed E-state index contributed by atoms with van der Waals surface area (Å²) in [5.41, 5.74) is 14.8. The average molecular weight is 690 g/mol. The number of morpholine rings is 1.